The van der Waals surface area contributed by atoms with Gasteiger partial charge in [0.05, 0.1) is 25.5 Å². The average molecular weight is 342 g/mol. The third-order valence-electron chi connectivity index (χ3n) is 4.06. The van der Waals surface area contributed by atoms with Crippen LogP contribution in [0.2, 0.25) is 0 Å². The minimum Gasteiger partial charge on any atom is -0.495 e. The molecule has 1 aliphatic rings. The van der Waals surface area contributed by atoms with Gasteiger partial charge in [0.25, 0.3) is 0 Å². The van der Waals surface area contributed by atoms with Crippen molar-refractivity contribution in [3.05, 3.63) is 24.0 Å². The number of methoxy groups -OCH3 is 1. The summed E-state index contributed by atoms with van der Waals surface area (Å²) in [5, 5.41) is 12.3. The molecule has 1 aromatic rings. The molecule has 1 aromatic heterocycles. The van der Waals surface area contributed by atoms with Crippen molar-refractivity contribution < 1.29 is 23.1 Å². The summed E-state index contributed by atoms with van der Waals surface area (Å²) >= 11 is 0. The maximum Gasteiger partial charge on any atom is 0.235 e. The maximum absolute atomic E-state index is 12.1. The lowest BCUT2D eigenvalue weighted by molar-refractivity contribution is -0.120. The fourth-order valence-corrected chi connectivity index (χ4v) is 3.30. The van der Waals surface area contributed by atoms with Crippen LogP contribution >= 0.6 is 0 Å². The van der Waals surface area contributed by atoms with E-state index in [-0.39, 0.29) is 23.8 Å². The number of amides is 1. The van der Waals surface area contributed by atoms with Gasteiger partial charge in [-0.1, -0.05) is 6.92 Å². The van der Waals surface area contributed by atoms with Crippen molar-refractivity contribution in [1.29, 1.82) is 0 Å². The summed E-state index contributed by atoms with van der Waals surface area (Å²) in [7, 11) is -1.86. The van der Waals surface area contributed by atoms with E-state index in [1.54, 1.807) is 18.5 Å². The predicted molar refractivity (Wildman–Crippen MR) is 84.7 cm³/mol. The molecule has 1 atom stereocenters. The number of nitrogens with one attached hydrogen (secondary N) is 1. The van der Waals surface area contributed by atoms with Crippen LogP contribution in [-0.2, 0) is 14.6 Å². The van der Waals surface area contributed by atoms with E-state index in [1.165, 1.54) is 14.0 Å². The molecule has 1 heterocycles. The Morgan fingerprint density at radius 3 is 2.74 bits per heavy atom. The molecule has 0 aromatic carbocycles. The molecule has 7 nitrogen and oxygen atoms in total. The first-order chi connectivity index (χ1) is 10.8. The van der Waals surface area contributed by atoms with Crippen LogP contribution in [0.1, 0.15) is 31.4 Å². The third-order valence-corrected chi connectivity index (χ3v) is 5.64. The molecule has 1 fully saturated rings. The highest BCUT2D eigenvalue weighted by molar-refractivity contribution is 7.92. The highest BCUT2D eigenvalue weighted by atomic mass is 32.2. The zero-order valence-corrected chi connectivity index (χ0v) is 14.0. The Balaban J connectivity index is 2.16. The van der Waals surface area contributed by atoms with Gasteiger partial charge in [0.15, 0.2) is 9.84 Å². The van der Waals surface area contributed by atoms with Crippen molar-refractivity contribution in [2.45, 2.75) is 31.9 Å². The van der Waals surface area contributed by atoms with Crippen molar-refractivity contribution in [3.8, 4) is 5.75 Å². The quantitative estimate of drug-likeness (QED) is 0.745. The third kappa shape index (κ3) is 4.65. The molecular formula is C15H22N2O5S. The molecule has 0 saturated heterocycles. The second kappa shape index (κ2) is 7.27. The highest BCUT2D eigenvalue weighted by Gasteiger charge is 2.36. The summed E-state index contributed by atoms with van der Waals surface area (Å²) in [4.78, 5) is 16.2. The molecule has 0 unspecified atom stereocenters. The number of nitrogens with zero attached hydrogens (tertiary/aromatic N) is 1. The maximum atomic E-state index is 12.1. The zero-order valence-electron chi connectivity index (χ0n) is 13.2. The largest absolute Gasteiger partial charge is 0.495 e. The Labute approximate surface area is 136 Å². The lowest BCUT2D eigenvalue weighted by atomic mass is 9.75. The van der Waals surface area contributed by atoms with Gasteiger partial charge in [-0.25, -0.2) is 8.42 Å². The Morgan fingerprint density at radius 1 is 1.48 bits per heavy atom. The minimum atomic E-state index is -3.39. The summed E-state index contributed by atoms with van der Waals surface area (Å²) in [5.41, 5.74) is 0.739. The monoisotopic (exact) mass is 342 g/mol. The number of sulfone groups is 1. The minimum absolute atomic E-state index is 0.0483. The number of aliphatic hydroxyl groups excluding tert-OH is 1. The fourth-order valence-electron chi connectivity index (χ4n) is 2.61. The molecule has 8 heteroatoms. The second-order valence-corrected chi connectivity index (χ2v) is 8.12. The van der Waals surface area contributed by atoms with E-state index in [2.05, 4.69) is 10.3 Å². The van der Waals surface area contributed by atoms with Crippen LogP contribution in [0.5, 0.6) is 5.75 Å². The molecule has 23 heavy (non-hydrogen) atoms. The molecule has 0 bridgehead atoms. The number of hydrogen-bond acceptors (Lipinski definition) is 6. The second-order valence-electron chi connectivity index (χ2n) is 5.77. The van der Waals surface area contributed by atoms with Gasteiger partial charge in [-0.05, 0) is 30.4 Å². The Morgan fingerprint density at radius 2 is 2.17 bits per heavy atom. The van der Waals surface area contributed by atoms with Gasteiger partial charge in [0.2, 0.25) is 5.91 Å². The van der Waals surface area contributed by atoms with Gasteiger partial charge in [0.1, 0.15) is 11.5 Å². The van der Waals surface area contributed by atoms with Crippen LogP contribution in [0.4, 0.5) is 0 Å². The Kier molecular flexibility index (Phi) is 5.59. The Bertz CT molecular complexity index is 656. The topological polar surface area (TPSA) is 106 Å². The summed E-state index contributed by atoms with van der Waals surface area (Å²) in [6.45, 7) is 1.51. The van der Waals surface area contributed by atoms with Crippen molar-refractivity contribution in [2.24, 2.45) is 5.92 Å². The molecule has 1 amide bonds. The Hall–Kier alpha value is -1.67. The van der Waals surface area contributed by atoms with E-state index in [9.17, 15) is 18.3 Å². The van der Waals surface area contributed by atoms with E-state index in [4.69, 9.17) is 4.74 Å². The number of carbonyl (C=O) groups excluding carboxylic acids is 1. The smallest absolute Gasteiger partial charge is 0.235 e. The summed E-state index contributed by atoms with van der Waals surface area (Å²) in [6.07, 6.45) is 3.91. The zero-order chi connectivity index (χ0) is 17.0. The number of aromatic nitrogens is 1. The van der Waals surface area contributed by atoms with Crippen LogP contribution in [-0.4, -0.2) is 49.1 Å². The first kappa shape index (κ1) is 17.7. The van der Waals surface area contributed by atoms with E-state index in [0.717, 1.165) is 5.56 Å². The van der Waals surface area contributed by atoms with Crippen molar-refractivity contribution in [1.82, 2.24) is 10.3 Å². The summed E-state index contributed by atoms with van der Waals surface area (Å²) < 4.78 is 28.3. The van der Waals surface area contributed by atoms with Crippen LogP contribution < -0.4 is 10.1 Å². The SMILES string of the molecule is CCS(=O)(=O)CC(=O)N[C@H](c1cncc(OC)c1)C1CC(O)C1. The van der Waals surface area contributed by atoms with Gasteiger partial charge in [0, 0.05) is 11.9 Å². The molecular weight excluding hydrogens is 320 g/mol. The first-order valence-corrected chi connectivity index (χ1v) is 9.33. The normalized spacial score (nSPS) is 22.0. The standard InChI is InChI=1S/C15H22N2O5S/c1-3-23(20,21)9-14(19)17-15(10-4-12(18)5-10)11-6-13(22-2)8-16-7-11/h6-8,10,12,15,18H,3-5,9H2,1-2H3,(H,17,19)/t10?,12?,15-/m0/s1. The van der Waals surface area contributed by atoms with Gasteiger partial charge in [-0.15, -0.1) is 0 Å². The molecule has 2 N–H and O–H groups in total. The van der Waals surface area contributed by atoms with Crippen molar-refractivity contribution in [3.63, 3.8) is 0 Å². The van der Waals surface area contributed by atoms with Gasteiger partial charge < -0.3 is 15.2 Å². The highest BCUT2D eigenvalue weighted by Crippen LogP contribution is 2.38. The van der Waals surface area contributed by atoms with Crippen LogP contribution in [0.3, 0.4) is 0 Å². The van der Waals surface area contributed by atoms with Crippen LogP contribution in [0, 0.1) is 5.92 Å². The van der Waals surface area contributed by atoms with Crippen LogP contribution in [0.25, 0.3) is 0 Å². The molecule has 0 spiro atoms. The lowest BCUT2D eigenvalue weighted by Crippen LogP contribution is -2.43. The summed E-state index contributed by atoms with van der Waals surface area (Å²) in [6, 6.07) is 1.37. The summed E-state index contributed by atoms with van der Waals surface area (Å²) in [5.74, 6) is -0.545. The molecule has 128 valence electrons. The van der Waals surface area contributed by atoms with E-state index in [1.807, 2.05) is 0 Å². The number of pyridine rings is 1. The lowest BCUT2D eigenvalue weighted by Gasteiger charge is -2.38. The van der Waals surface area contributed by atoms with Crippen LogP contribution in [0.15, 0.2) is 18.5 Å². The molecule has 0 radical (unpaired) electrons. The number of carbonyl (C=O) groups is 1. The van der Waals surface area contributed by atoms with Gasteiger partial charge in [-0.2, -0.15) is 0 Å². The van der Waals surface area contributed by atoms with E-state index < -0.39 is 21.5 Å². The molecule has 1 aliphatic carbocycles. The molecule has 1 saturated carbocycles. The predicted octanol–water partition coefficient (Wildman–Crippen LogP) is 0.453. The van der Waals surface area contributed by atoms with Crippen molar-refractivity contribution >= 4 is 15.7 Å². The van der Waals surface area contributed by atoms with E-state index in [0.29, 0.717) is 18.6 Å². The number of ether oxygens (including phenoxy) is 1. The average Bonchev–Trinajstić information content (AvgIpc) is 2.49. The number of aliphatic hydroxyl groups is 1. The first-order valence-electron chi connectivity index (χ1n) is 7.51. The van der Waals surface area contributed by atoms with Gasteiger partial charge in [-0.3, -0.25) is 9.78 Å². The van der Waals surface area contributed by atoms with Gasteiger partial charge >= 0.3 is 0 Å². The fraction of sp³-hybridized carbons (Fsp3) is 0.600. The molecule has 2 rings (SSSR count). The van der Waals surface area contributed by atoms with E-state index >= 15 is 0 Å². The number of rotatable bonds is 7. The number of hydrogen-bond donors (Lipinski definition) is 2. The molecule has 0 aliphatic heterocycles. The van der Waals surface area contributed by atoms with Crippen molar-refractivity contribution in [2.75, 3.05) is 18.6 Å².